The van der Waals surface area contributed by atoms with Crippen molar-refractivity contribution in [1.82, 2.24) is 0 Å². The minimum atomic E-state index is -4.31. The number of methoxy groups -OCH3 is 2. The van der Waals surface area contributed by atoms with E-state index in [0.29, 0.717) is 0 Å². The van der Waals surface area contributed by atoms with Crippen molar-refractivity contribution in [3.63, 3.8) is 0 Å². The number of halogens is 3. The van der Waals surface area contributed by atoms with Crippen molar-refractivity contribution in [2.45, 2.75) is 19.2 Å². The minimum absolute atomic E-state index is 0.733. The van der Waals surface area contributed by atoms with Gasteiger partial charge < -0.3 is 9.47 Å². The van der Waals surface area contributed by atoms with Gasteiger partial charge >= 0.3 is 12.1 Å². The van der Waals surface area contributed by atoms with Gasteiger partial charge in [-0.2, -0.15) is 13.2 Å². The van der Waals surface area contributed by atoms with Crippen LogP contribution in [0.1, 0.15) is 6.92 Å². The lowest BCUT2D eigenvalue weighted by Crippen LogP contribution is -2.23. The van der Waals surface area contributed by atoms with Gasteiger partial charge in [0.15, 0.2) is 6.10 Å². The van der Waals surface area contributed by atoms with Gasteiger partial charge in [0, 0.05) is 7.11 Å². The van der Waals surface area contributed by atoms with E-state index in [0.717, 1.165) is 26.2 Å². The van der Waals surface area contributed by atoms with E-state index in [9.17, 15) is 18.0 Å². The molecule has 15 heavy (non-hydrogen) atoms. The average Bonchev–Trinajstić information content (AvgIpc) is 2.16. The summed E-state index contributed by atoms with van der Waals surface area (Å²) in [7, 11) is 2.35. The van der Waals surface area contributed by atoms with E-state index in [1.165, 1.54) is 7.11 Å². The van der Waals surface area contributed by atoms with Gasteiger partial charge in [-0.3, -0.25) is 0 Å². The molecule has 0 radical (unpaired) electrons. The van der Waals surface area contributed by atoms with Gasteiger partial charge in [-0.1, -0.05) is 13.0 Å². The SMILES string of the molecule is COC(=O)[C@H](C=C[C@H](C)C(F)(F)F)OC. The van der Waals surface area contributed by atoms with Gasteiger partial charge in [-0.15, -0.1) is 0 Å². The number of carbonyl (C=O) groups is 1. The van der Waals surface area contributed by atoms with Crippen LogP contribution in [-0.4, -0.2) is 32.5 Å². The minimum Gasteiger partial charge on any atom is -0.467 e. The first-order chi connectivity index (χ1) is 6.82. The summed E-state index contributed by atoms with van der Waals surface area (Å²) in [6.07, 6.45) is -3.51. The Kier molecular flexibility index (Phi) is 5.35. The first kappa shape index (κ1) is 14.0. The zero-order valence-corrected chi connectivity index (χ0v) is 8.67. The fourth-order valence-corrected chi connectivity index (χ4v) is 0.746. The van der Waals surface area contributed by atoms with Crippen molar-refractivity contribution >= 4 is 5.97 Å². The van der Waals surface area contributed by atoms with E-state index in [-0.39, 0.29) is 0 Å². The summed E-state index contributed by atoms with van der Waals surface area (Å²) in [5.41, 5.74) is 0. The normalized spacial score (nSPS) is 16.4. The van der Waals surface area contributed by atoms with Crippen LogP contribution in [0.2, 0.25) is 0 Å². The quantitative estimate of drug-likeness (QED) is 0.542. The Labute approximate surface area is 85.9 Å². The molecule has 88 valence electrons. The molecule has 0 heterocycles. The first-order valence-corrected chi connectivity index (χ1v) is 4.18. The molecule has 0 bridgehead atoms. The third kappa shape index (κ3) is 4.83. The van der Waals surface area contributed by atoms with Crippen molar-refractivity contribution in [2.75, 3.05) is 14.2 Å². The largest absolute Gasteiger partial charge is 0.467 e. The van der Waals surface area contributed by atoms with Crippen LogP contribution in [0.25, 0.3) is 0 Å². The summed E-state index contributed by atoms with van der Waals surface area (Å²) < 4.78 is 45.2. The van der Waals surface area contributed by atoms with E-state index in [1.807, 2.05) is 0 Å². The highest BCUT2D eigenvalue weighted by atomic mass is 19.4. The molecule has 3 nitrogen and oxygen atoms in total. The van der Waals surface area contributed by atoms with Gasteiger partial charge in [-0.05, 0) is 6.08 Å². The monoisotopic (exact) mass is 226 g/mol. The number of alkyl halides is 3. The molecule has 0 fully saturated rings. The molecule has 0 unspecified atom stereocenters. The number of hydrogen-bond acceptors (Lipinski definition) is 3. The highest BCUT2D eigenvalue weighted by Gasteiger charge is 2.34. The Morgan fingerprint density at radius 3 is 2.13 bits per heavy atom. The van der Waals surface area contributed by atoms with Crippen molar-refractivity contribution in [3.05, 3.63) is 12.2 Å². The molecular formula is C9H13F3O3. The highest BCUT2D eigenvalue weighted by molar-refractivity contribution is 5.76. The zero-order chi connectivity index (χ0) is 12.1. The number of carbonyl (C=O) groups excluding carboxylic acids is 1. The molecule has 0 aromatic heterocycles. The molecule has 0 saturated heterocycles. The third-order valence-corrected chi connectivity index (χ3v) is 1.78. The van der Waals surface area contributed by atoms with Gasteiger partial charge in [-0.25, -0.2) is 4.79 Å². The maximum Gasteiger partial charge on any atom is 0.394 e. The molecule has 2 atom stereocenters. The lowest BCUT2D eigenvalue weighted by atomic mass is 10.1. The van der Waals surface area contributed by atoms with Crippen LogP contribution >= 0.6 is 0 Å². The van der Waals surface area contributed by atoms with Gasteiger partial charge in [0.25, 0.3) is 0 Å². The Balaban J connectivity index is 4.42. The van der Waals surface area contributed by atoms with Crippen LogP contribution in [0.15, 0.2) is 12.2 Å². The van der Waals surface area contributed by atoms with Crippen LogP contribution in [0.5, 0.6) is 0 Å². The molecule has 0 amide bonds. The van der Waals surface area contributed by atoms with Crippen molar-refractivity contribution in [2.24, 2.45) is 5.92 Å². The number of esters is 1. The van der Waals surface area contributed by atoms with E-state index in [4.69, 9.17) is 0 Å². The number of ether oxygens (including phenoxy) is 2. The fourth-order valence-electron chi connectivity index (χ4n) is 0.746. The van der Waals surface area contributed by atoms with E-state index >= 15 is 0 Å². The molecule has 0 aliphatic rings. The van der Waals surface area contributed by atoms with E-state index in [2.05, 4.69) is 9.47 Å². The maximum atomic E-state index is 12.1. The Morgan fingerprint density at radius 2 is 1.80 bits per heavy atom. The summed E-state index contributed by atoms with van der Waals surface area (Å²) >= 11 is 0. The Hall–Kier alpha value is -1.04. The standard InChI is InChI=1S/C9H13F3O3/c1-6(9(10,11)12)4-5-7(14-2)8(13)15-3/h4-7H,1-3H3/t6-,7-/m0/s1. The number of allylic oxidation sites excluding steroid dienone is 1. The average molecular weight is 226 g/mol. The second-order valence-corrected chi connectivity index (χ2v) is 2.89. The van der Waals surface area contributed by atoms with Crippen LogP contribution in [0.3, 0.4) is 0 Å². The fraction of sp³-hybridized carbons (Fsp3) is 0.667. The van der Waals surface area contributed by atoms with Gasteiger partial charge in [0.05, 0.1) is 13.0 Å². The molecule has 0 saturated carbocycles. The Morgan fingerprint density at radius 1 is 1.27 bits per heavy atom. The van der Waals surface area contributed by atoms with E-state index in [1.54, 1.807) is 0 Å². The lowest BCUT2D eigenvalue weighted by molar-refractivity contribution is -0.157. The molecule has 0 aromatic rings. The summed E-state index contributed by atoms with van der Waals surface area (Å²) in [4.78, 5) is 10.9. The van der Waals surface area contributed by atoms with Gasteiger partial charge in [0.1, 0.15) is 0 Å². The summed E-state index contributed by atoms with van der Waals surface area (Å²) in [6.45, 7) is 0.987. The predicted molar refractivity (Wildman–Crippen MR) is 47.2 cm³/mol. The summed E-state index contributed by atoms with van der Waals surface area (Å²) in [5, 5.41) is 0. The molecule has 0 aliphatic carbocycles. The maximum absolute atomic E-state index is 12.1. The molecule has 0 aromatic carbocycles. The molecular weight excluding hydrogens is 213 g/mol. The van der Waals surface area contributed by atoms with Crippen molar-refractivity contribution in [3.8, 4) is 0 Å². The van der Waals surface area contributed by atoms with Crippen LogP contribution in [0.4, 0.5) is 13.2 Å². The van der Waals surface area contributed by atoms with E-state index < -0.39 is 24.2 Å². The lowest BCUT2D eigenvalue weighted by Gasteiger charge is -2.12. The Bertz CT molecular complexity index is 235. The summed E-state index contributed by atoms with van der Waals surface area (Å²) in [6, 6.07) is 0. The van der Waals surface area contributed by atoms with Crippen LogP contribution < -0.4 is 0 Å². The van der Waals surface area contributed by atoms with Gasteiger partial charge in [0.2, 0.25) is 0 Å². The predicted octanol–water partition coefficient (Wildman–Crippen LogP) is 1.93. The topological polar surface area (TPSA) is 35.5 Å². The van der Waals surface area contributed by atoms with Crippen molar-refractivity contribution in [1.29, 1.82) is 0 Å². The smallest absolute Gasteiger partial charge is 0.394 e. The molecule has 6 heteroatoms. The summed E-state index contributed by atoms with van der Waals surface area (Å²) in [5.74, 6) is -2.36. The first-order valence-electron chi connectivity index (χ1n) is 4.18. The van der Waals surface area contributed by atoms with Crippen LogP contribution in [0, 0.1) is 5.92 Å². The number of hydrogen-bond donors (Lipinski definition) is 0. The van der Waals surface area contributed by atoms with Crippen molar-refractivity contribution < 1.29 is 27.4 Å². The molecule has 0 N–H and O–H groups in total. The third-order valence-electron chi connectivity index (χ3n) is 1.78. The highest BCUT2D eigenvalue weighted by Crippen LogP contribution is 2.26. The molecule has 0 aliphatic heterocycles. The zero-order valence-electron chi connectivity index (χ0n) is 8.67. The van der Waals surface area contributed by atoms with Crippen LogP contribution in [-0.2, 0) is 14.3 Å². The second-order valence-electron chi connectivity index (χ2n) is 2.89. The number of rotatable bonds is 4. The second kappa shape index (κ2) is 5.75. The molecule has 0 spiro atoms. The molecule has 0 rings (SSSR count).